The summed E-state index contributed by atoms with van der Waals surface area (Å²) in [4.78, 5) is 2.34. The Labute approximate surface area is 114 Å². The van der Waals surface area contributed by atoms with Crippen molar-refractivity contribution in [2.75, 3.05) is 20.1 Å². The zero-order valence-electron chi connectivity index (χ0n) is 11.3. The lowest BCUT2D eigenvalue weighted by atomic mass is 9.80. The molecule has 1 fully saturated rings. The van der Waals surface area contributed by atoms with Gasteiger partial charge in [-0.3, -0.25) is 0 Å². The average Bonchev–Trinajstić information content (AvgIpc) is 2.74. The average molecular weight is 270 g/mol. The van der Waals surface area contributed by atoms with Crippen LogP contribution in [0.25, 0.3) is 0 Å². The topological polar surface area (TPSA) is 3.24 Å². The summed E-state index contributed by atoms with van der Waals surface area (Å²) < 4.78 is 13.6. The molecule has 100 valence electrons. The van der Waals surface area contributed by atoms with Crippen molar-refractivity contribution in [3.63, 3.8) is 0 Å². The van der Waals surface area contributed by atoms with Gasteiger partial charge in [-0.1, -0.05) is 37.9 Å². The zero-order chi connectivity index (χ0) is 13.3. The van der Waals surface area contributed by atoms with Gasteiger partial charge in [0.2, 0.25) is 0 Å². The number of hydrogen-bond donors (Lipinski definition) is 0. The largest absolute Gasteiger partial charge is 0.305 e. The van der Waals surface area contributed by atoms with Crippen molar-refractivity contribution >= 4 is 11.6 Å². The summed E-state index contributed by atoms with van der Waals surface area (Å²) in [7, 11) is 2.14. The molecule has 0 aromatic heterocycles. The molecule has 1 saturated heterocycles. The zero-order valence-corrected chi connectivity index (χ0v) is 12.0. The van der Waals surface area contributed by atoms with Crippen molar-refractivity contribution in [1.29, 1.82) is 0 Å². The highest BCUT2D eigenvalue weighted by Crippen LogP contribution is 2.38. The van der Waals surface area contributed by atoms with Crippen molar-refractivity contribution < 1.29 is 4.39 Å². The molecule has 1 aliphatic rings. The highest BCUT2D eigenvalue weighted by atomic mass is 35.5. The molecule has 18 heavy (non-hydrogen) atoms. The molecule has 1 unspecified atom stereocenters. The van der Waals surface area contributed by atoms with Crippen LogP contribution in [0.4, 0.5) is 4.39 Å². The first-order chi connectivity index (χ1) is 8.52. The van der Waals surface area contributed by atoms with Crippen LogP contribution in [0.1, 0.15) is 31.7 Å². The van der Waals surface area contributed by atoms with Crippen LogP contribution in [0, 0.1) is 17.7 Å². The lowest BCUT2D eigenvalue weighted by Gasteiger charge is -2.24. The smallest absolute Gasteiger partial charge is 0.142 e. The molecular formula is C15H21ClFN. The maximum Gasteiger partial charge on any atom is 0.142 e. The minimum Gasteiger partial charge on any atom is -0.305 e. The van der Waals surface area contributed by atoms with Gasteiger partial charge in [0.1, 0.15) is 5.82 Å². The van der Waals surface area contributed by atoms with E-state index in [1.807, 2.05) is 6.07 Å². The molecule has 0 saturated carbocycles. The van der Waals surface area contributed by atoms with Crippen molar-refractivity contribution in [3.8, 4) is 0 Å². The summed E-state index contributed by atoms with van der Waals surface area (Å²) in [6.45, 7) is 6.63. The minimum atomic E-state index is -0.299. The van der Waals surface area contributed by atoms with Gasteiger partial charge in [-0.25, -0.2) is 4.39 Å². The first kappa shape index (κ1) is 13.8. The third-order valence-electron chi connectivity index (χ3n) is 4.29. The molecule has 1 aromatic rings. The van der Waals surface area contributed by atoms with E-state index in [0.29, 0.717) is 17.8 Å². The van der Waals surface area contributed by atoms with Crippen LogP contribution < -0.4 is 0 Å². The van der Waals surface area contributed by atoms with E-state index in [1.165, 1.54) is 6.42 Å². The fourth-order valence-corrected chi connectivity index (χ4v) is 3.13. The van der Waals surface area contributed by atoms with Crippen LogP contribution in [-0.4, -0.2) is 25.0 Å². The van der Waals surface area contributed by atoms with Crippen LogP contribution in [0.5, 0.6) is 0 Å². The summed E-state index contributed by atoms with van der Waals surface area (Å²) in [5, 5.41) is 0.213. The molecule has 0 amide bonds. The molecule has 0 bridgehead atoms. The Kier molecular flexibility index (Phi) is 4.29. The Morgan fingerprint density at radius 2 is 2.17 bits per heavy atom. The van der Waals surface area contributed by atoms with E-state index in [-0.39, 0.29) is 10.8 Å². The molecular weight excluding hydrogens is 249 g/mol. The first-order valence-corrected chi connectivity index (χ1v) is 7.04. The van der Waals surface area contributed by atoms with Gasteiger partial charge in [-0.2, -0.15) is 0 Å². The third kappa shape index (κ3) is 2.70. The van der Waals surface area contributed by atoms with E-state index >= 15 is 0 Å². The summed E-state index contributed by atoms with van der Waals surface area (Å²) in [6, 6.07) is 5.27. The molecule has 0 radical (unpaired) electrons. The maximum atomic E-state index is 13.6. The molecule has 2 rings (SSSR count). The normalized spacial score (nSPS) is 26.5. The molecule has 0 aliphatic carbocycles. The van der Waals surface area contributed by atoms with Crippen molar-refractivity contribution in [2.45, 2.75) is 26.2 Å². The fraction of sp³-hybridized carbons (Fsp3) is 0.600. The Morgan fingerprint density at radius 3 is 2.78 bits per heavy atom. The van der Waals surface area contributed by atoms with Crippen LogP contribution in [0.3, 0.4) is 0 Å². The Bertz CT molecular complexity index is 421. The van der Waals surface area contributed by atoms with Crippen LogP contribution in [-0.2, 0) is 0 Å². The second-order valence-electron chi connectivity index (χ2n) is 5.55. The van der Waals surface area contributed by atoms with E-state index in [1.54, 1.807) is 12.1 Å². The molecule has 0 spiro atoms. The Hall–Kier alpha value is -0.600. The van der Waals surface area contributed by atoms with Crippen LogP contribution in [0.15, 0.2) is 18.2 Å². The third-order valence-corrected chi connectivity index (χ3v) is 4.60. The number of halogens is 2. The summed E-state index contributed by atoms with van der Waals surface area (Å²) in [5.41, 5.74) is 1.09. The standard InChI is InChI=1S/C15H21ClFN/c1-4-10(2)12-8-18(3)9-13(12)11-5-6-14(16)15(17)7-11/h5-7,10,12-13H,4,8-9H2,1-3H3/t10?,12-,13-/m0/s1. The highest BCUT2D eigenvalue weighted by molar-refractivity contribution is 6.30. The van der Waals surface area contributed by atoms with Crippen molar-refractivity contribution in [1.82, 2.24) is 4.90 Å². The molecule has 1 heterocycles. The van der Waals surface area contributed by atoms with Crippen molar-refractivity contribution in [3.05, 3.63) is 34.6 Å². The van der Waals surface area contributed by atoms with Gasteiger partial charge < -0.3 is 4.90 Å². The molecule has 3 atom stereocenters. The van der Waals surface area contributed by atoms with Crippen molar-refractivity contribution in [2.24, 2.45) is 11.8 Å². The van der Waals surface area contributed by atoms with E-state index < -0.39 is 0 Å². The number of likely N-dealkylation sites (tertiary alicyclic amines) is 1. The number of rotatable bonds is 3. The van der Waals surface area contributed by atoms with Gasteiger partial charge in [0, 0.05) is 19.0 Å². The lowest BCUT2D eigenvalue weighted by Crippen LogP contribution is -2.19. The van der Waals surface area contributed by atoms with E-state index in [2.05, 4.69) is 25.8 Å². The Balaban J connectivity index is 2.26. The van der Waals surface area contributed by atoms with Gasteiger partial charge in [0.15, 0.2) is 0 Å². The Morgan fingerprint density at radius 1 is 1.44 bits per heavy atom. The molecule has 0 N–H and O–H groups in total. The first-order valence-electron chi connectivity index (χ1n) is 6.66. The van der Waals surface area contributed by atoms with Gasteiger partial charge in [0.25, 0.3) is 0 Å². The number of nitrogens with zero attached hydrogens (tertiary/aromatic N) is 1. The van der Waals surface area contributed by atoms with E-state index in [0.717, 1.165) is 18.7 Å². The monoisotopic (exact) mass is 269 g/mol. The number of hydrogen-bond acceptors (Lipinski definition) is 1. The molecule has 1 aliphatic heterocycles. The fourth-order valence-electron chi connectivity index (χ4n) is 3.01. The van der Waals surface area contributed by atoms with Gasteiger partial charge in [-0.15, -0.1) is 0 Å². The molecule has 1 nitrogen and oxygen atoms in total. The summed E-state index contributed by atoms with van der Waals surface area (Å²) in [6.07, 6.45) is 1.17. The van der Waals surface area contributed by atoms with Crippen LogP contribution in [0.2, 0.25) is 5.02 Å². The highest BCUT2D eigenvalue weighted by Gasteiger charge is 2.34. The summed E-state index contributed by atoms with van der Waals surface area (Å²) in [5.74, 6) is 1.41. The van der Waals surface area contributed by atoms with Crippen LogP contribution >= 0.6 is 11.6 Å². The molecule has 1 aromatic carbocycles. The van der Waals surface area contributed by atoms with E-state index in [4.69, 9.17) is 11.6 Å². The maximum absolute atomic E-state index is 13.6. The minimum absolute atomic E-state index is 0.213. The molecule has 3 heteroatoms. The lowest BCUT2D eigenvalue weighted by molar-refractivity contribution is 0.319. The SMILES string of the molecule is CCC(C)[C@@H]1CN(C)C[C@H]1c1ccc(Cl)c(F)c1. The second kappa shape index (κ2) is 5.58. The number of likely N-dealkylation sites (N-methyl/N-ethyl adjacent to an activating group) is 1. The number of benzene rings is 1. The summed E-state index contributed by atoms with van der Waals surface area (Å²) >= 11 is 5.76. The quantitative estimate of drug-likeness (QED) is 0.796. The van der Waals surface area contributed by atoms with E-state index in [9.17, 15) is 4.39 Å². The predicted molar refractivity (Wildman–Crippen MR) is 74.6 cm³/mol. The van der Waals surface area contributed by atoms with Gasteiger partial charge in [0.05, 0.1) is 5.02 Å². The predicted octanol–water partition coefficient (Wildman–Crippen LogP) is 4.17. The van der Waals surface area contributed by atoms with Gasteiger partial charge in [-0.05, 0) is 36.6 Å². The van der Waals surface area contributed by atoms with Gasteiger partial charge >= 0.3 is 0 Å². The second-order valence-corrected chi connectivity index (χ2v) is 5.96.